The number of aromatic nitrogens is 1. The van der Waals surface area contributed by atoms with Crippen LogP contribution in [-0.4, -0.2) is 35.0 Å². The van der Waals surface area contributed by atoms with Gasteiger partial charge < -0.3 is 13.9 Å². The Morgan fingerprint density at radius 3 is 2.59 bits per heavy atom. The number of methoxy groups -OCH3 is 1. The molecular weight excluding hydrogens is 485 g/mol. The van der Waals surface area contributed by atoms with Crippen LogP contribution in [0.3, 0.4) is 0 Å². The average molecular weight is 517 g/mol. The number of esters is 1. The Morgan fingerprint density at radius 1 is 1.16 bits per heavy atom. The summed E-state index contributed by atoms with van der Waals surface area (Å²) in [5.74, 6) is 1.23. The van der Waals surface area contributed by atoms with E-state index in [9.17, 15) is 18.0 Å². The minimum absolute atomic E-state index is 0.143. The maximum absolute atomic E-state index is 12.8. The number of benzene rings is 2. The van der Waals surface area contributed by atoms with Crippen molar-refractivity contribution in [2.24, 2.45) is 0 Å². The van der Waals surface area contributed by atoms with Gasteiger partial charge in [0.25, 0.3) is 0 Å². The number of ether oxygens (including phenoxy) is 2. The quantitative estimate of drug-likeness (QED) is 0.316. The monoisotopic (exact) mass is 516 g/mol. The Bertz CT molecular complexity index is 1220. The van der Waals surface area contributed by atoms with Gasteiger partial charge in [-0.3, -0.25) is 9.69 Å². The summed E-state index contributed by atoms with van der Waals surface area (Å²) in [4.78, 5) is 19.3. The standard InChI is InChI=1S/C28H31F3N2O4/c1-4-27(26(34)35-3)14-5-6-15-33(27)17-20-8-7-9-23(16-20)36-18-24-19(2)37-25(32-24)21-10-12-22(13-11-21)28(29,30)31/h7-13,16H,4-6,14-15,17-18H2,1-3H3. The number of alkyl halides is 3. The summed E-state index contributed by atoms with van der Waals surface area (Å²) in [5, 5.41) is 0. The molecule has 0 aliphatic carbocycles. The zero-order valence-electron chi connectivity index (χ0n) is 21.2. The number of rotatable bonds is 8. The minimum Gasteiger partial charge on any atom is -0.487 e. The number of nitrogens with zero attached hydrogens (tertiary/aromatic N) is 2. The molecule has 1 fully saturated rings. The highest BCUT2D eigenvalue weighted by atomic mass is 19.4. The van der Waals surface area contributed by atoms with Gasteiger partial charge in [0.15, 0.2) is 0 Å². The highest BCUT2D eigenvalue weighted by Crippen LogP contribution is 2.35. The number of carbonyl (C=O) groups excluding carboxylic acids is 1. The van der Waals surface area contributed by atoms with E-state index in [-0.39, 0.29) is 18.5 Å². The number of carbonyl (C=O) groups is 1. The van der Waals surface area contributed by atoms with E-state index in [2.05, 4.69) is 9.88 Å². The molecule has 0 bridgehead atoms. The van der Waals surface area contributed by atoms with Gasteiger partial charge in [-0.15, -0.1) is 0 Å². The average Bonchev–Trinajstić information content (AvgIpc) is 3.27. The lowest BCUT2D eigenvalue weighted by Crippen LogP contribution is -2.56. The van der Waals surface area contributed by atoms with Crippen molar-refractivity contribution in [1.29, 1.82) is 0 Å². The number of aryl methyl sites for hydroxylation is 1. The normalized spacial score (nSPS) is 18.5. The van der Waals surface area contributed by atoms with Crippen molar-refractivity contribution in [3.8, 4) is 17.2 Å². The SMILES string of the molecule is CCC1(C(=O)OC)CCCCN1Cc1cccc(OCc2nc(-c3ccc(C(F)(F)F)cc3)oc2C)c1. The van der Waals surface area contributed by atoms with Crippen molar-refractivity contribution in [1.82, 2.24) is 9.88 Å². The number of halogens is 3. The number of piperidine rings is 1. The van der Waals surface area contributed by atoms with Crippen LogP contribution in [0.2, 0.25) is 0 Å². The molecule has 2 heterocycles. The van der Waals surface area contributed by atoms with Crippen molar-refractivity contribution >= 4 is 5.97 Å². The third-order valence-corrected chi connectivity index (χ3v) is 7.02. The van der Waals surface area contributed by atoms with Crippen molar-refractivity contribution in [2.45, 2.75) is 64.4 Å². The lowest BCUT2D eigenvalue weighted by atomic mass is 9.83. The van der Waals surface area contributed by atoms with Gasteiger partial charge in [-0.05, 0) is 81.1 Å². The van der Waals surface area contributed by atoms with Crippen LogP contribution in [0.1, 0.15) is 55.2 Å². The highest BCUT2D eigenvalue weighted by Gasteiger charge is 2.44. The number of oxazole rings is 1. The fourth-order valence-electron chi connectivity index (χ4n) is 4.88. The molecule has 1 aromatic heterocycles. The summed E-state index contributed by atoms with van der Waals surface area (Å²) in [6.07, 6.45) is -0.915. The molecule has 1 unspecified atom stereocenters. The Kier molecular flexibility index (Phi) is 7.92. The second-order valence-corrected chi connectivity index (χ2v) is 9.29. The Balaban J connectivity index is 1.44. The molecular formula is C28H31F3N2O4. The first kappa shape index (κ1) is 26.7. The van der Waals surface area contributed by atoms with Crippen molar-refractivity contribution in [2.75, 3.05) is 13.7 Å². The smallest absolute Gasteiger partial charge is 0.416 e. The van der Waals surface area contributed by atoms with E-state index >= 15 is 0 Å². The van der Waals surface area contributed by atoms with Crippen LogP contribution in [0.5, 0.6) is 5.75 Å². The summed E-state index contributed by atoms with van der Waals surface area (Å²) in [6, 6.07) is 12.4. The first-order valence-corrected chi connectivity index (χ1v) is 12.4. The molecule has 1 aliphatic heterocycles. The zero-order chi connectivity index (χ0) is 26.6. The summed E-state index contributed by atoms with van der Waals surface area (Å²) in [6.45, 7) is 5.32. The van der Waals surface area contributed by atoms with Crippen LogP contribution in [0, 0.1) is 6.92 Å². The second-order valence-electron chi connectivity index (χ2n) is 9.29. The van der Waals surface area contributed by atoms with E-state index in [1.807, 2.05) is 31.2 Å². The van der Waals surface area contributed by atoms with Gasteiger partial charge in [0.2, 0.25) is 5.89 Å². The molecule has 1 aliphatic rings. The fourth-order valence-corrected chi connectivity index (χ4v) is 4.88. The first-order chi connectivity index (χ1) is 17.7. The number of hydrogen-bond acceptors (Lipinski definition) is 6. The number of hydrogen-bond donors (Lipinski definition) is 0. The maximum atomic E-state index is 12.8. The van der Waals surface area contributed by atoms with Crippen LogP contribution in [0.15, 0.2) is 52.9 Å². The summed E-state index contributed by atoms with van der Waals surface area (Å²) >= 11 is 0. The maximum Gasteiger partial charge on any atom is 0.416 e. The van der Waals surface area contributed by atoms with Crippen molar-refractivity contribution < 1.29 is 31.9 Å². The molecule has 0 N–H and O–H groups in total. The van der Waals surface area contributed by atoms with Crippen LogP contribution in [0.4, 0.5) is 13.2 Å². The molecule has 4 rings (SSSR count). The van der Waals surface area contributed by atoms with Gasteiger partial charge in [-0.2, -0.15) is 13.2 Å². The first-order valence-electron chi connectivity index (χ1n) is 12.4. The fraction of sp³-hybridized carbons (Fsp3) is 0.429. The Hall–Kier alpha value is -3.33. The van der Waals surface area contributed by atoms with Crippen molar-refractivity contribution in [3.05, 3.63) is 71.1 Å². The van der Waals surface area contributed by atoms with Crippen molar-refractivity contribution in [3.63, 3.8) is 0 Å². The van der Waals surface area contributed by atoms with Gasteiger partial charge in [0, 0.05) is 12.1 Å². The van der Waals surface area contributed by atoms with E-state index in [1.165, 1.54) is 19.2 Å². The molecule has 2 aromatic carbocycles. The molecule has 9 heteroatoms. The molecule has 0 amide bonds. The highest BCUT2D eigenvalue weighted by molar-refractivity contribution is 5.80. The molecule has 3 aromatic rings. The Morgan fingerprint density at radius 2 is 1.92 bits per heavy atom. The molecule has 198 valence electrons. The lowest BCUT2D eigenvalue weighted by Gasteiger charge is -2.44. The summed E-state index contributed by atoms with van der Waals surface area (Å²) in [5.41, 5.74) is 0.692. The van der Waals surface area contributed by atoms with Crippen LogP contribution in [0.25, 0.3) is 11.5 Å². The molecule has 37 heavy (non-hydrogen) atoms. The third kappa shape index (κ3) is 5.82. The zero-order valence-corrected chi connectivity index (χ0v) is 21.2. The third-order valence-electron chi connectivity index (χ3n) is 7.02. The van der Waals surface area contributed by atoms with Gasteiger partial charge in [0.1, 0.15) is 29.3 Å². The van der Waals surface area contributed by atoms with Gasteiger partial charge in [-0.1, -0.05) is 19.1 Å². The summed E-state index contributed by atoms with van der Waals surface area (Å²) in [7, 11) is 1.44. The number of likely N-dealkylation sites (tertiary alicyclic amines) is 1. The Labute approximate surface area is 214 Å². The van der Waals surface area contributed by atoms with Crippen LogP contribution < -0.4 is 4.74 Å². The van der Waals surface area contributed by atoms with E-state index in [4.69, 9.17) is 13.9 Å². The summed E-state index contributed by atoms with van der Waals surface area (Å²) < 4.78 is 55.3. The predicted octanol–water partition coefficient (Wildman–Crippen LogP) is 6.56. The second kappa shape index (κ2) is 11.0. The van der Waals surface area contributed by atoms with Crippen LogP contribution in [-0.2, 0) is 28.9 Å². The van der Waals surface area contributed by atoms with E-state index in [0.29, 0.717) is 35.7 Å². The predicted molar refractivity (Wildman–Crippen MR) is 132 cm³/mol. The molecule has 0 spiro atoms. The largest absolute Gasteiger partial charge is 0.487 e. The van der Waals surface area contributed by atoms with Crippen LogP contribution >= 0.6 is 0 Å². The van der Waals surface area contributed by atoms with Gasteiger partial charge in [-0.25, -0.2) is 4.98 Å². The van der Waals surface area contributed by atoms with E-state index in [0.717, 1.165) is 43.5 Å². The molecule has 1 atom stereocenters. The molecule has 1 saturated heterocycles. The van der Waals surface area contributed by atoms with Gasteiger partial charge in [0.05, 0.1) is 12.7 Å². The molecule has 0 radical (unpaired) electrons. The minimum atomic E-state index is -4.40. The van der Waals surface area contributed by atoms with Gasteiger partial charge >= 0.3 is 12.1 Å². The van der Waals surface area contributed by atoms with E-state index < -0.39 is 17.3 Å². The van der Waals surface area contributed by atoms with E-state index in [1.54, 1.807) is 6.92 Å². The molecule has 0 saturated carbocycles. The molecule has 6 nitrogen and oxygen atoms in total. The lowest BCUT2D eigenvalue weighted by molar-refractivity contribution is -0.159. The topological polar surface area (TPSA) is 64.8 Å².